The lowest BCUT2D eigenvalue weighted by atomic mass is 10.2. The molecule has 2 rings (SSSR count). The van der Waals surface area contributed by atoms with E-state index in [0.717, 1.165) is 12.8 Å². The number of halogens is 1. The van der Waals surface area contributed by atoms with Crippen LogP contribution in [0.2, 0.25) is 0 Å². The predicted molar refractivity (Wildman–Crippen MR) is 89.2 cm³/mol. The van der Waals surface area contributed by atoms with Gasteiger partial charge in [-0.3, -0.25) is 4.21 Å². The fourth-order valence-electron chi connectivity index (χ4n) is 2.35. The van der Waals surface area contributed by atoms with Gasteiger partial charge in [-0.05, 0) is 61.7 Å². The van der Waals surface area contributed by atoms with E-state index in [1.54, 1.807) is 17.0 Å². The number of carbonyl (C=O) groups excluding carboxylic acids is 1. The van der Waals surface area contributed by atoms with Gasteiger partial charge in [0.2, 0.25) is 0 Å². The fraction of sp³-hybridized carbons (Fsp3) is 0.600. The molecule has 0 aromatic carbocycles. The average Bonchev–Trinajstić information content (AvgIpc) is 2.85. The van der Waals surface area contributed by atoms with E-state index in [2.05, 4.69) is 20.9 Å². The Balaban J connectivity index is 2.02. The number of likely N-dealkylation sites (tertiary alicyclic amines) is 1. The molecule has 0 spiro atoms. The predicted octanol–water partition coefficient (Wildman–Crippen LogP) is 3.35. The van der Waals surface area contributed by atoms with Crippen molar-refractivity contribution in [1.29, 1.82) is 0 Å². The molecule has 0 N–H and O–H groups in total. The second-order valence-electron chi connectivity index (χ2n) is 6.28. The molecule has 1 fully saturated rings. The normalized spacial score (nSPS) is 20.0. The van der Waals surface area contributed by atoms with Crippen LogP contribution in [-0.4, -0.2) is 44.1 Å². The van der Waals surface area contributed by atoms with Gasteiger partial charge in [0.05, 0.1) is 16.6 Å². The highest BCUT2D eigenvalue weighted by atomic mass is 79.9. The van der Waals surface area contributed by atoms with E-state index in [4.69, 9.17) is 4.74 Å². The summed E-state index contributed by atoms with van der Waals surface area (Å²) < 4.78 is 18.5. The summed E-state index contributed by atoms with van der Waals surface area (Å²) in [7, 11) is -1.23. The van der Waals surface area contributed by atoms with Gasteiger partial charge in [0.25, 0.3) is 0 Å². The third-order valence-corrected chi connectivity index (χ3v) is 5.09. The minimum absolute atomic E-state index is 0.0588. The number of amides is 1. The first-order valence-electron chi connectivity index (χ1n) is 7.27. The first kappa shape index (κ1) is 17.4. The Morgan fingerprint density at radius 1 is 1.50 bits per heavy atom. The number of nitrogens with zero attached hydrogens (tertiary/aromatic N) is 2. The largest absolute Gasteiger partial charge is 0.444 e. The van der Waals surface area contributed by atoms with Gasteiger partial charge in [0.1, 0.15) is 15.2 Å². The Hall–Kier alpha value is -0.950. The van der Waals surface area contributed by atoms with Crippen molar-refractivity contribution in [3.8, 4) is 0 Å². The van der Waals surface area contributed by atoms with Crippen LogP contribution < -0.4 is 0 Å². The van der Waals surface area contributed by atoms with Crippen LogP contribution in [-0.2, 0) is 15.5 Å². The molecule has 1 aromatic heterocycles. The van der Waals surface area contributed by atoms with Crippen LogP contribution in [0, 0.1) is 0 Å². The SMILES string of the molecule is CC(C)(C)OC(=O)N1CCC[C@H]1C[S@](=O)c1cccc(Br)n1. The Bertz CT molecular complexity index is 574. The van der Waals surface area contributed by atoms with Crippen molar-refractivity contribution < 1.29 is 13.7 Å². The minimum Gasteiger partial charge on any atom is -0.444 e. The second-order valence-corrected chi connectivity index (χ2v) is 8.54. The lowest BCUT2D eigenvalue weighted by Crippen LogP contribution is -2.42. The first-order chi connectivity index (χ1) is 10.3. The average molecular weight is 389 g/mol. The highest BCUT2D eigenvalue weighted by Crippen LogP contribution is 2.23. The monoisotopic (exact) mass is 388 g/mol. The molecule has 0 saturated carbocycles. The van der Waals surface area contributed by atoms with Gasteiger partial charge in [0, 0.05) is 12.6 Å². The summed E-state index contributed by atoms with van der Waals surface area (Å²) in [5, 5.41) is 0.533. The van der Waals surface area contributed by atoms with Gasteiger partial charge in [0.15, 0.2) is 0 Å². The molecule has 1 saturated heterocycles. The van der Waals surface area contributed by atoms with Gasteiger partial charge in [-0.1, -0.05) is 6.07 Å². The lowest BCUT2D eigenvalue weighted by molar-refractivity contribution is 0.0241. The third-order valence-electron chi connectivity index (χ3n) is 3.27. The Labute approximate surface area is 142 Å². The number of aromatic nitrogens is 1. The van der Waals surface area contributed by atoms with Crippen molar-refractivity contribution in [3.63, 3.8) is 0 Å². The Kier molecular flexibility index (Phi) is 5.60. The number of carbonyl (C=O) groups is 1. The molecule has 0 radical (unpaired) electrons. The summed E-state index contributed by atoms with van der Waals surface area (Å²) >= 11 is 3.28. The zero-order chi connectivity index (χ0) is 16.3. The molecule has 5 nitrogen and oxygen atoms in total. The van der Waals surface area contributed by atoms with Gasteiger partial charge >= 0.3 is 6.09 Å². The maximum absolute atomic E-state index is 12.5. The summed E-state index contributed by atoms with van der Waals surface area (Å²) in [6.45, 7) is 6.20. The highest BCUT2D eigenvalue weighted by molar-refractivity contribution is 9.10. The van der Waals surface area contributed by atoms with Crippen LogP contribution in [0.25, 0.3) is 0 Å². The standard InChI is InChI=1S/C15H21BrN2O3S/c1-15(2,3)21-14(19)18-9-5-6-11(18)10-22(20)13-8-4-7-12(16)17-13/h4,7-8,11H,5-6,9-10H2,1-3H3/t11-,22-/m0/s1. The molecule has 7 heteroatoms. The van der Waals surface area contributed by atoms with E-state index in [1.807, 2.05) is 26.8 Å². The van der Waals surface area contributed by atoms with Crippen LogP contribution in [0.15, 0.2) is 27.8 Å². The van der Waals surface area contributed by atoms with E-state index in [0.29, 0.717) is 21.9 Å². The molecule has 22 heavy (non-hydrogen) atoms. The van der Waals surface area contributed by atoms with Crippen molar-refractivity contribution in [3.05, 3.63) is 22.8 Å². The molecule has 2 heterocycles. The summed E-state index contributed by atoms with van der Waals surface area (Å²) in [6, 6.07) is 5.29. The Morgan fingerprint density at radius 2 is 2.23 bits per heavy atom. The minimum atomic E-state index is -1.23. The van der Waals surface area contributed by atoms with Crippen LogP contribution in [0.4, 0.5) is 4.79 Å². The molecule has 0 aliphatic carbocycles. The number of pyridine rings is 1. The number of hydrogen-bond acceptors (Lipinski definition) is 4. The van der Waals surface area contributed by atoms with Crippen LogP contribution in [0.1, 0.15) is 33.6 Å². The van der Waals surface area contributed by atoms with Crippen molar-refractivity contribution >= 4 is 32.8 Å². The topological polar surface area (TPSA) is 59.5 Å². The molecule has 0 bridgehead atoms. The van der Waals surface area contributed by atoms with E-state index < -0.39 is 16.4 Å². The quantitative estimate of drug-likeness (QED) is 0.744. The number of hydrogen-bond donors (Lipinski definition) is 0. The molecular formula is C15H21BrN2O3S. The van der Waals surface area contributed by atoms with Gasteiger partial charge < -0.3 is 9.64 Å². The van der Waals surface area contributed by atoms with Gasteiger partial charge in [-0.25, -0.2) is 9.78 Å². The number of ether oxygens (including phenoxy) is 1. The van der Waals surface area contributed by atoms with E-state index >= 15 is 0 Å². The van der Waals surface area contributed by atoms with Crippen LogP contribution >= 0.6 is 15.9 Å². The van der Waals surface area contributed by atoms with Gasteiger partial charge in [-0.2, -0.15) is 0 Å². The maximum atomic E-state index is 12.5. The molecule has 2 atom stereocenters. The fourth-order valence-corrected chi connectivity index (χ4v) is 4.10. The third kappa shape index (κ3) is 4.78. The molecule has 0 unspecified atom stereocenters. The van der Waals surface area contributed by atoms with E-state index in [-0.39, 0.29) is 12.1 Å². The Morgan fingerprint density at radius 3 is 2.86 bits per heavy atom. The molecule has 1 aliphatic rings. The smallest absolute Gasteiger partial charge is 0.410 e. The van der Waals surface area contributed by atoms with E-state index in [9.17, 15) is 9.00 Å². The number of rotatable bonds is 3. The molecular weight excluding hydrogens is 368 g/mol. The maximum Gasteiger partial charge on any atom is 0.410 e. The molecule has 1 aliphatic heterocycles. The zero-order valence-corrected chi connectivity index (χ0v) is 15.4. The summed E-state index contributed by atoms with van der Waals surface area (Å²) in [4.78, 5) is 18.1. The van der Waals surface area contributed by atoms with Gasteiger partial charge in [-0.15, -0.1) is 0 Å². The van der Waals surface area contributed by atoms with E-state index in [1.165, 1.54) is 0 Å². The second kappa shape index (κ2) is 7.08. The summed E-state index contributed by atoms with van der Waals surface area (Å²) in [6.07, 6.45) is 1.43. The summed E-state index contributed by atoms with van der Waals surface area (Å²) in [5.41, 5.74) is -0.519. The zero-order valence-electron chi connectivity index (χ0n) is 13.0. The highest BCUT2D eigenvalue weighted by Gasteiger charge is 2.33. The van der Waals surface area contributed by atoms with Crippen LogP contribution in [0.3, 0.4) is 0 Å². The lowest BCUT2D eigenvalue weighted by Gasteiger charge is -2.28. The molecule has 1 amide bonds. The molecule has 122 valence electrons. The first-order valence-corrected chi connectivity index (χ1v) is 9.38. The van der Waals surface area contributed by atoms with Crippen molar-refractivity contribution in [2.75, 3.05) is 12.3 Å². The van der Waals surface area contributed by atoms with Crippen LogP contribution in [0.5, 0.6) is 0 Å². The van der Waals surface area contributed by atoms with Crippen molar-refractivity contribution in [2.45, 2.75) is 50.3 Å². The summed E-state index contributed by atoms with van der Waals surface area (Å²) in [5.74, 6) is 0.392. The van der Waals surface area contributed by atoms with Crippen molar-refractivity contribution in [2.24, 2.45) is 0 Å². The molecule has 1 aromatic rings. The van der Waals surface area contributed by atoms with Crippen molar-refractivity contribution in [1.82, 2.24) is 9.88 Å².